The molecule has 0 fully saturated rings. The molecule has 1 aromatic heterocycles. The Morgan fingerprint density at radius 3 is 3.00 bits per heavy atom. The Balaban J connectivity index is 2.93. The molecule has 0 aliphatic rings. The molecule has 0 bridgehead atoms. The van der Waals surface area contributed by atoms with Crippen LogP contribution in [0.1, 0.15) is 0 Å². The van der Waals surface area contributed by atoms with E-state index in [1.807, 2.05) is 12.1 Å². The number of rotatable bonds is 0. The van der Waals surface area contributed by atoms with E-state index in [9.17, 15) is 0 Å². The normalized spacial score (nSPS) is 10.9. The summed E-state index contributed by atoms with van der Waals surface area (Å²) in [6.45, 7) is 0. The van der Waals surface area contributed by atoms with Crippen molar-refractivity contribution >= 4 is 61.0 Å². The predicted octanol–water partition coefficient (Wildman–Crippen LogP) is 3.58. The highest BCUT2D eigenvalue weighted by molar-refractivity contribution is 14.1. The molecule has 1 N–H and O–H groups in total. The molecule has 0 amide bonds. The van der Waals surface area contributed by atoms with Crippen LogP contribution < -0.4 is 0 Å². The average molecular weight is 357 g/mol. The fourth-order valence-electron chi connectivity index (χ4n) is 0.992. The number of nitrogens with zero attached hydrogens (tertiary/aromatic N) is 1. The van der Waals surface area contributed by atoms with Crippen molar-refractivity contribution in [3.05, 3.63) is 25.3 Å². The molecule has 0 aliphatic carbocycles. The largest absolute Gasteiger partial charge is 0.271 e. The minimum Gasteiger partial charge on any atom is -0.271 e. The highest BCUT2D eigenvalue weighted by Crippen LogP contribution is 2.31. The predicted molar refractivity (Wildman–Crippen MR) is 61.5 cm³/mol. The summed E-state index contributed by atoms with van der Waals surface area (Å²) in [6, 6.07) is 3.80. The molecule has 1 aromatic carbocycles. The van der Waals surface area contributed by atoms with Crippen molar-refractivity contribution in [3.8, 4) is 0 Å². The molecule has 0 radical (unpaired) electrons. The Morgan fingerprint density at radius 2 is 2.25 bits per heavy atom. The van der Waals surface area contributed by atoms with Crippen LogP contribution in [0.2, 0.25) is 5.02 Å². The van der Waals surface area contributed by atoms with Crippen molar-refractivity contribution in [2.24, 2.45) is 0 Å². The lowest BCUT2D eigenvalue weighted by Crippen LogP contribution is -1.73. The maximum atomic E-state index is 5.89. The molecule has 5 heteroatoms. The molecule has 12 heavy (non-hydrogen) atoms. The summed E-state index contributed by atoms with van der Waals surface area (Å²) in [5.74, 6) is 0. The first-order valence-electron chi connectivity index (χ1n) is 3.17. The van der Waals surface area contributed by atoms with Gasteiger partial charge in [0, 0.05) is 5.39 Å². The molecular formula is C7H3BrClIN2. The van der Waals surface area contributed by atoms with E-state index >= 15 is 0 Å². The SMILES string of the molecule is Clc1ccc2c(I)[nH]nc2c1Br. The van der Waals surface area contributed by atoms with E-state index in [4.69, 9.17) is 11.6 Å². The number of benzene rings is 1. The second-order valence-electron chi connectivity index (χ2n) is 2.30. The zero-order valence-electron chi connectivity index (χ0n) is 5.74. The maximum Gasteiger partial charge on any atom is 0.109 e. The van der Waals surface area contributed by atoms with Crippen molar-refractivity contribution in [2.75, 3.05) is 0 Å². The van der Waals surface area contributed by atoms with Gasteiger partial charge in [0.15, 0.2) is 0 Å². The van der Waals surface area contributed by atoms with Gasteiger partial charge in [0.1, 0.15) is 9.22 Å². The summed E-state index contributed by atoms with van der Waals surface area (Å²) >= 11 is 11.5. The van der Waals surface area contributed by atoms with Gasteiger partial charge >= 0.3 is 0 Å². The minimum absolute atomic E-state index is 0.686. The molecule has 0 aliphatic heterocycles. The molecule has 2 rings (SSSR count). The van der Waals surface area contributed by atoms with Gasteiger partial charge < -0.3 is 0 Å². The van der Waals surface area contributed by atoms with Crippen LogP contribution in [0.15, 0.2) is 16.6 Å². The number of hydrogen-bond donors (Lipinski definition) is 1. The van der Waals surface area contributed by atoms with Gasteiger partial charge in [0.2, 0.25) is 0 Å². The molecule has 0 saturated heterocycles. The van der Waals surface area contributed by atoms with E-state index in [0.717, 1.165) is 19.1 Å². The van der Waals surface area contributed by atoms with Crippen molar-refractivity contribution in [3.63, 3.8) is 0 Å². The first-order valence-corrected chi connectivity index (χ1v) is 5.42. The van der Waals surface area contributed by atoms with E-state index in [1.165, 1.54) is 0 Å². The molecule has 0 saturated carbocycles. The highest BCUT2D eigenvalue weighted by Gasteiger charge is 2.08. The third-order valence-electron chi connectivity index (χ3n) is 1.57. The zero-order valence-corrected chi connectivity index (χ0v) is 10.2. The molecule has 1 heterocycles. The second-order valence-corrected chi connectivity index (χ2v) is 4.57. The van der Waals surface area contributed by atoms with Crippen LogP contribution in [0, 0.1) is 3.70 Å². The topological polar surface area (TPSA) is 28.7 Å². The summed E-state index contributed by atoms with van der Waals surface area (Å²) < 4.78 is 1.88. The van der Waals surface area contributed by atoms with Gasteiger partial charge in [-0.15, -0.1) is 0 Å². The van der Waals surface area contributed by atoms with Crippen molar-refractivity contribution in [2.45, 2.75) is 0 Å². The van der Waals surface area contributed by atoms with E-state index in [1.54, 1.807) is 0 Å². The van der Waals surface area contributed by atoms with Crippen LogP contribution in [0.4, 0.5) is 0 Å². The van der Waals surface area contributed by atoms with Crippen LogP contribution >= 0.6 is 50.1 Å². The molecule has 2 aromatic rings. The van der Waals surface area contributed by atoms with Gasteiger partial charge in [0.05, 0.1) is 9.50 Å². The average Bonchev–Trinajstić information content (AvgIpc) is 2.41. The number of hydrogen-bond acceptors (Lipinski definition) is 1. The first-order chi connectivity index (χ1) is 5.70. The van der Waals surface area contributed by atoms with Gasteiger partial charge in [-0.1, -0.05) is 11.6 Å². The summed E-state index contributed by atoms with van der Waals surface area (Å²) in [6.07, 6.45) is 0. The Bertz CT molecular complexity index is 440. The Morgan fingerprint density at radius 1 is 1.50 bits per heavy atom. The van der Waals surface area contributed by atoms with Crippen LogP contribution in [-0.2, 0) is 0 Å². The van der Waals surface area contributed by atoms with Gasteiger partial charge in [0.25, 0.3) is 0 Å². The molecule has 2 nitrogen and oxygen atoms in total. The molecule has 0 spiro atoms. The third kappa shape index (κ3) is 1.25. The Kier molecular flexibility index (Phi) is 2.31. The Hall–Kier alpha value is 0.190. The van der Waals surface area contributed by atoms with E-state index in [2.05, 4.69) is 48.7 Å². The minimum atomic E-state index is 0.686. The van der Waals surface area contributed by atoms with Gasteiger partial charge in [-0.3, -0.25) is 5.10 Å². The van der Waals surface area contributed by atoms with E-state index in [-0.39, 0.29) is 0 Å². The van der Waals surface area contributed by atoms with Gasteiger partial charge in [-0.05, 0) is 50.7 Å². The van der Waals surface area contributed by atoms with Crippen LogP contribution in [0.25, 0.3) is 10.9 Å². The maximum absolute atomic E-state index is 5.89. The summed E-state index contributed by atoms with van der Waals surface area (Å²) in [5, 5.41) is 8.78. The Labute approximate surface area is 95.9 Å². The summed E-state index contributed by atoms with van der Waals surface area (Å²) in [5.41, 5.74) is 0.881. The van der Waals surface area contributed by atoms with Crippen molar-refractivity contribution in [1.29, 1.82) is 0 Å². The van der Waals surface area contributed by atoms with Crippen LogP contribution in [0.5, 0.6) is 0 Å². The number of H-pyrrole nitrogens is 1. The number of aromatic nitrogens is 2. The van der Waals surface area contributed by atoms with Crippen molar-refractivity contribution in [1.82, 2.24) is 10.2 Å². The van der Waals surface area contributed by atoms with Gasteiger partial charge in [-0.25, -0.2) is 0 Å². The quantitative estimate of drug-likeness (QED) is 0.718. The fourth-order valence-corrected chi connectivity index (χ4v) is 2.13. The summed E-state index contributed by atoms with van der Waals surface area (Å²) in [7, 11) is 0. The zero-order chi connectivity index (χ0) is 8.72. The molecule has 0 unspecified atom stereocenters. The smallest absolute Gasteiger partial charge is 0.109 e. The summed E-state index contributed by atoms with van der Waals surface area (Å²) in [4.78, 5) is 0. The van der Waals surface area contributed by atoms with E-state index < -0.39 is 0 Å². The number of halogens is 3. The first kappa shape index (κ1) is 8.77. The van der Waals surface area contributed by atoms with Gasteiger partial charge in [-0.2, -0.15) is 5.10 Å². The van der Waals surface area contributed by atoms with E-state index in [0.29, 0.717) is 5.02 Å². The fraction of sp³-hybridized carbons (Fsp3) is 0. The number of aromatic amines is 1. The molecule has 0 atom stereocenters. The lowest BCUT2D eigenvalue weighted by atomic mass is 10.3. The lowest BCUT2D eigenvalue weighted by molar-refractivity contribution is 1.09. The molecular weight excluding hydrogens is 354 g/mol. The lowest BCUT2D eigenvalue weighted by Gasteiger charge is -1.94. The van der Waals surface area contributed by atoms with Crippen molar-refractivity contribution < 1.29 is 0 Å². The number of nitrogens with one attached hydrogen (secondary N) is 1. The van der Waals surface area contributed by atoms with Crippen LogP contribution in [-0.4, -0.2) is 10.2 Å². The third-order valence-corrected chi connectivity index (χ3v) is 3.74. The second kappa shape index (κ2) is 3.16. The molecule has 62 valence electrons. The standard InChI is InChI=1S/C7H3BrClIN2/c8-5-4(9)2-1-3-6(5)11-12-7(3)10/h1-2H,(H,11,12). The monoisotopic (exact) mass is 356 g/mol. The van der Waals surface area contributed by atoms with Crippen LogP contribution in [0.3, 0.4) is 0 Å². The highest BCUT2D eigenvalue weighted by atomic mass is 127. The number of fused-ring (bicyclic) bond motifs is 1.